The summed E-state index contributed by atoms with van der Waals surface area (Å²) in [6.45, 7) is 0.707. The Bertz CT molecular complexity index is 475. The van der Waals surface area contributed by atoms with E-state index in [-0.39, 0.29) is 23.5 Å². The normalized spacial score (nSPS) is 18.8. The lowest BCUT2D eigenvalue weighted by molar-refractivity contribution is -0.389. The third-order valence-electron chi connectivity index (χ3n) is 3.41. The van der Waals surface area contributed by atoms with E-state index in [1.807, 2.05) is 0 Å². The molecule has 1 unspecified atom stereocenters. The van der Waals surface area contributed by atoms with Gasteiger partial charge in [-0.3, -0.25) is 4.79 Å². The van der Waals surface area contributed by atoms with Gasteiger partial charge in [0.05, 0.1) is 0 Å². The first kappa shape index (κ1) is 13.9. The van der Waals surface area contributed by atoms with E-state index in [2.05, 4.69) is 4.98 Å². The predicted molar refractivity (Wildman–Crippen MR) is 71.5 cm³/mol. The summed E-state index contributed by atoms with van der Waals surface area (Å²) in [4.78, 5) is 26.7. The minimum absolute atomic E-state index is 0.153. The number of hydrogen-bond donors (Lipinski definition) is 1. The number of nitrogens with one attached hydrogen (secondary N) is 1. The quantitative estimate of drug-likeness (QED) is 0.513. The number of aromatic amines is 1. The van der Waals surface area contributed by atoms with Crippen molar-refractivity contribution in [3.8, 4) is 0 Å². The lowest BCUT2D eigenvalue weighted by Crippen LogP contribution is -2.35. The van der Waals surface area contributed by atoms with Gasteiger partial charge in [-0.15, -0.1) is 11.6 Å². The molecule has 0 spiro atoms. The Morgan fingerprint density at radius 2 is 2.37 bits per heavy atom. The highest BCUT2D eigenvalue weighted by Crippen LogP contribution is 2.24. The van der Waals surface area contributed by atoms with Gasteiger partial charge in [0.1, 0.15) is 0 Å². The first-order valence-corrected chi connectivity index (χ1v) is 6.87. The van der Waals surface area contributed by atoms with Crippen LogP contribution in [-0.2, 0) is 0 Å². The number of carbonyl (C=O) groups is 1. The number of H-pyrrole nitrogens is 1. The molecule has 1 fully saturated rings. The lowest BCUT2D eigenvalue weighted by Gasteiger charge is -2.23. The molecule has 1 amide bonds. The average Bonchev–Trinajstić information content (AvgIpc) is 3.04. The second kappa shape index (κ2) is 6.06. The van der Waals surface area contributed by atoms with Crippen molar-refractivity contribution in [3.05, 3.63) is 27.9 Å². The number of nitrogens with zero attached hydrogens (tertiary/aromatic N) is 2. The molecule has 1 N–H and O–H groups in total. The zero-order valence-corrected chi connectivity index (χ0v) is 11.2. The summed E-state index contributed by atoms with van der Waals surface area (Å²) in [5.41, 5.74) is 0.282. The van der Waals surface area contributed by atoms with Crippen LogP contribution in [0.5, 0.6) is 0 Å². The van der Waals surface area contributed by atoms with E-state index in [0.717, 1.165) is 25.7 Å². The van der Waals surface area contributed by atoms with Crippen molar-refractivity contribution in [1.29, 1.82) is 0 Å². The molecule has 2 rings (SSSR count). The van der Waals surface area contributed by atoms with Gasteiger partial charge in [-0.2, -0.15) is 0 Å². The maximum absolute atomic E-state index is 12.3. The maximum Gasteiger partial charge on any atom is 0.321 e. The van der Waals surface area contributed by atoms with E-state index in [1.54, 1.807) is 4.90 Å². The molecule has 1 aliphatic heterocycles. The minimum atomic E-state index is -0.536. The van der Waals surface area contributed by atoms with Gasteiger partial charge in [0.25, 0.3) is 5.91 Å². The first-order valence-electron chi connectivity index (χ1n) is 6.34. The second-order valence-corrected chi connectivity index (χ2v) is 5.02. The number of aromatic nitrogens is 1. The summed E-state index contributed by atoms with van der Waals surface area (Å²) in [5, 5.41) is 10.6. The molecule has 0 radical (unpaired) electrons. The Kier molecular flexibility index (Phi) is 4.42. The van der Waals surface area contributed by atoms with Gasteiger partial charge < -0.3 is 15.0 Å². The monoisotopic (exact) mass is 285 g/mol. The summed E-state index contributed by atoms with van der Waals surface area (Å²) in [7, 11) is 0. The smallest absolute Gasteiger partial charge is 0.321 e. The van der Waals surface area contributed by atoms with E-state index in [0.29, 0.717) is 12.4 Å². The number of alkyl halides is 1. The molecule has 1 aliphatic rings. The van der Waals surface area contributed by atoms with Crippen molar-refractivity contribution in [2.75, 3.05) is 12.4 Å². The van der Waals surface area contributed by atoms with E-state index in [9.17, 15) is 14.9 Å². The molecule has 1 saturated heterocycles. The van der Waals surface area contributed by atoms with Crippen LogP contribution in [0.3, 0.4) is 0 Å². The lowest BCUT2D eigenvalue weighted by atomic mass is 10.1. The van der Waals surface area contributed by atoms with Gasteiger partial charge >= 0.3 is 5.82 Å². The van der Waals surface area contributed by atoms with Crippen molar-refractivity contribution in [2.45, 2.75) is 31.7 Å². The first-order chi connectivity index (χ1) is 9.13. The number of likely N-dealkylation sites (tertiary alicyclic amines) is 1. The predicted octanol–water partition coefficient (Wildman–Crippen LogP) is 2.55. The molecule has 0 saturated carbocycles. The third kappa shape index (κ3) is 3.07. The summed E-state index contributed by atoms with van der Waals surface area (Å²) >= 11 is 5.68. The van der Waals surface area contributed by atoms with Gasteiger partial charge in [0.15, 0.2) is 5.69 Å². The summed E-state index contributed by atoms with van der Waals surface area (Å²) in [5.74, 6) is 0.275. The fraction of sp³-hybridized carbons (Fsp3) is 0.583. The van der Waals surface area contributed by atoms with Gasteiger partial charge in [-0.1, -0.05) is 0 Å². The number of halogens is 1. The Hall–Kier alpha value is -1.56. The van der Waals surface area contributed by atoms with E-state index < -0.39 is 4.92 Å². The molecular formula is C12H16ClN3O3. The van der Waals surface area contributed by atoms with Crippen molar-refractivity contribution in [3.63, 3.8) is 0 Å². The Morgan fingerprint density at radius 1 is 1.58 bits per heavy atom. The van der Waals surface area contributed by atoms with Crippen molar-refractivity contribution >= 4 is 23.3 Å². The molecule has 1 atom stereocenters. The molecule has 6 nitrogen and oxygen atoms in total. The van der Waals surface area contributed by atoms with E-state index in [1.165, 1.54) is 12.1 Å². The Labute approximate surface area is 115 Å². The highest BCUT2D eigenvalue weighted by molar-refractivity contribution is 6.17. The number of hydrogen-bond acceptors (Lipinski definition) is 3. The standard InChI is InChI=1S/C12H16ClN3O3/c13-7-1-3-9-4-2-8-15(9)12(17)10-5-6-11(14-10)16(18)19/h5-6,9,14H,1-4,7-8H2. The van der Waals surface area contributed by atoms with Crippen LogP contribution < -0.4 is 0 Å². The minimum Gasteiger partial charge on any atom is -0.358 e. The fourth-order valence-corrected chi connectivity index (χ4v) is 2.64. The summed E-state index contributed by atoms with van der Waals surface area (Å²) in [6.07, 6.45) is 3.71. The molecule has 0 aromatic carbocycles. The molecular weight excluding hydrogens is 270 g/mol. The fourth-order valence-electron chi connectivity index (χ4n) is 2.49. The number of rotatable bonds is 5. The highest BCUT2D eigenvalue weighted by atomic mass is 35.5. The molecule has 1 aromatic rings. The summed E-state index contributed by atoms with van der Waals surface area (Å²) in [6, 6.07) is 2.99. The zero-order valence-electron chi connectivity index (χ0n) is 10.5. The van der Waals surface area contributed by atoms with Gasteiger partial charge in [-0.25, -0.2) is 4.98 Å². The van der Waals surface area contributed by atoms with Crippen LogP contribution in [-0.4, -0.2) is 39.2 Å². The number of carbonyl (C=O) groups excluding carboxylic acids is 1. The van der Waals surface area contributed by atoms with Crippen molar-refractivity contribution < 1.29 is 9.72 Å². The maximum atomic E-state index is 12.3. The molecule has 0 aliphatic carbocycles. The van der Waals surface area contributed by atoms with E-state index >= 15 is 0 Å². The topological polar surface area (TPSA) is 79.2 Å². The van der Waals surface area contributed by atoms with Crippen LogP contribution in [0.1, 0.15) is 36.2 Å². The van der Waals surface area contributed by atoms with Crippen LogP contribution in [0.2, 0.25) is 0 Å². The van der Waals surface area contributed by atoms with E-state index in [4.69, 9.17) is 11.6 Å². The van der Waals surface area contributed by atoms with Crippen LogP contribution in [0, 0.1) is 10.1 Å². The Balaban J connectivity index is 2.07. The summed E-state index contributed by atoms with van der Waals surface area (Å²) < 4.78 is 0. The third-order valence-corrected chi connectivity index (χ3v) is 3.67. The second-order valence-electron chi connectivity index (χ2n) is 4.64. The molecule has 0 bridgehead atoms. The van der Waals surface area contributed by atoms with Gasteiger partial charge in [0, 0.05) is 24.5 Å². The van der Waals surface area contributed by atoms with Crippen LogP contribution in [0.4, 0.5) is 5.82 Å². The van der Waals surface area contributed by atoms with Crippen molar-refractivity contribution in [2.24, 2.45) is 0 Å². The average molecular weight is 286 g/mol. The van der Waals surface area contributed by atoms with Crippen molar-refractivity contribution in [1.82, 2.24) is 9.88 Å². The largest absolute Gasteiger partial charge is 0.358 e. The highest BCUT2D eigenvalue weighted by Gasteiger charge is 2.31. The van der Waals surface area contributed by atoms with Gasteiger partial charge in [0.2, 0.25) is 0 Å². The van der Waals surface area contributed by atoms with Gasteiger partial charge in [-0.05, 0) is 36.7 Å². The van der Waals surface area contributed by atoms with Crippen LogP contribution >= 0.6 is 11.6 Å². The van der Waals surface area contributed by atoms with Crippen LogP contribution in [0.25, 0.3) is 0 Å². The SMILES string of the molecule is O=C(c1ccc([N+](=O)[O-])[nH]1)N1CCCC1CCCCl. The Morgan fingerprint density at radius 3 is 3.00 bits per heavy atom. The molecule has 7 heteroatoms. The number of nitro groups is 1. The molecule has 1 aromatic heterocycles. The number of amides is 1. The zero-order chi connectivity index (χ0) is 13.8. The molecule has 104 valence electrons. The molecule has 2 heterocycles. The van der Waals surface area contributed by atoms with Crippen LogP contribution in [0.15, 0.2) is 12.1 Å². The molecule has 19 heavy (non-hydrogen) atoms.